The summed E-state index contributed by atoms with van der Waals surface area (Å²) in [6.07, 6.45) is 0. The van der Waals surface area contributed by atoms with Crippen LogP contribution in [0.4, 0.5) is 0 Å². The molecule has 2 N–H and O–H groups in total. The third-order valence-electron chi connectivity index (χ3n) is 11.2. The fourth-order valence-corrected chi connectivity index (χ4v) is 11.0. The average Bonchev–Trinajstić information content (AvgIpc) is 3.92. The van der Waals surface area contributed by atoms with Crippen LogP contribution in [0.5, 0.6) is 11.5 Å². The Labute approximate surface area is 314 Å². The van der Waals surface area contributed by atoms with Gasteiger partial charge in [0.15, 0.2) is 0 Å². The molecule has 0 aliphatic heterocycles. The minimum absolute atomic E-state index is 0.258. The van der Waals surface area contributed by atoms with Crippen molar-refractivity contribution in [3.8, 4) is 43.5 Å². The number of phenolic OH excluding ortho intramolecular Hbond substituents is 2. The fraction of sp³-hybridized carbons (Fsp3) is 0.0204. The molecule has 8 aromatic carbocycles. The van der Waals surface area contributed by atoms with E-state index in [1.807, 2.05) is 59.1 Å². The molecule has 1 aliphatic carbocycles. The first-order chi connectivity index (χ1) is 26.1. The van der Waals surface area contributed by atoms with Crippen LogP contribution < -0.4 is 0 Å². The van der Waals surface area contributed by atoms with Gasteiger partial charge in [-0.2, -0.15) is 0 Å². The second-order valence-corrected chi connectivity index (χ2v) is 16.1. The molecule has 4 heteroatoms. The number of phenols is 2. The van der Waals surface area contributed by atoms with Crippen molar-refractivity contribution < 1.29 is 10.2 Å². The molecule has 0 radical (unpaired) electrons. The van der Waals surface area contributed by atoms with Gasteiger partial charge in [0.05, 0.1) is 5.41 Å². The van der Waals surface area contributed by atoms with E-state index in [0.29, 0.717) is 0 Å². The van der Waals surface area contributed by atoms with Gasteiger partial charge in [0.25, 0.3) is 0 Å². The molecule has 0 unspecified atom stereocenters. The van der Waals surface area contributed by atoms with Crippen LogP contribution in [-0.4, -0.2) is 10.2 Å². The van der Waals surface area contributed by atoms with Gasteiger partial charge in [0.2, 0.25) is 0 Å². The molecule has 1 aliphatic rings. The molecule has 0 amide bonds. The number of rotatable bonds is 4. The summed E-state index contributed by atoms with van der Waals surface area (Å²) in [5.74, 6) is 0.516. The van der Waals surface area contributed by atoms with Crippen LogP contribution in [0, 0.1) is 0 Å². The van der Waals surface area contributed by atoms with E-state index >= 15 is 0 Å². The van der Waals surface area contributed by atoms with Crippen molar-refractivity contribution in [2.45, 2.75) is 5.41 Å². The van der Waals surface area contributed by atoms with Gasteiger partial charge >= 0.3 is 0 Å². The summed E-state index contributed by atoms with van der Waals surface area (Å²) in [6.45, 7) is 0. The zero-order valence-corrected chi connectivity index (χ0v) is 30.0. The first kappa shape index (κ1) is 30.4. The molecule has 11 rings (SSSR count). The van der Waals surface area contributed by atoms with Crippen LogP contribution in [0.1, 0.15) is 22.3 Å². The lowest BCUT2D eigenvalue weighted by molar-refractivity contribution is 0.481. The number of hydrogen-bond donors (Lipinski definition) is 2. The van der Waals surface area contributed by atoms with Gasteiger partial charge in [0, 0.05) is 29.9 Å². The van der Waals surface area contributed by atoms with Crippen LogP contribution >= 0.6 is 22.7 Å². The molecular weight excluding hydrogens is 685 g/mol. The number of aromatic hydroxyl groups is 2. The summed E-state index contributed by atoms with van der Waals surface area (Å²) in [6, 6.07) is 60.0. The quantitative estimate of drug-likeness (QED) is 0.191. The fourth-order valence-electron chi connectivity index (χ4n) is 8.83. The van der Waals surface area contributed by atoms with Crippen molar-refractivity contribution in [3.63, 3.8) is 0 Å². The topological polar surface area (TPSA) is 40.5 Å². The second-order valence-electron chi connectivity index (χ2n) is 13.9. The van der Waals surface area contributed by atoms with E-state index in [9.17, 15) is 10.2 Å². The predicted molar refractivity (Wildman–Crippen MR) is 224 cm³/mol. The lowest BCUT2D eigenvalue weighted by Crippen LogP contribution is -2.29. The van der Waals surface area contributed by atoms with Gasteiger partial charge in [-0.25, -0.2) is 0 Å². The Balaban J connectivity index is 1.28. The molecule has 0 fully saturated rings. The molecule has 10 aromatic rings. The zero-order valence-electron chi connectivity index (χ0n) is 28.4. The monoisotopic (exact) mass is 714 g/mol. The highest BCUT2D eigenvalue weighted by molar-refractivity contribution is 7.22. The van der Waals surface area contributed by atoms with E-state index < -0.39 is 5.41 Å². The Hall–Kier alpha value is -6.20. The Kier molecular flexibility index (Phi) is 6.54. The minimum atomic E-state index is -0.775. The normalized spacial score (nSPS) is 13.2. The van der Waals surface area contributed by atoms with Crippen molar-refractivity contribution in [2.24, 2.45) is 0 Å². The van der Waals surface area contributed by atoms with Crippen LogP contribution in [0.2, 0.25) is 0 Å². The van der Waals surface area contributed by atoms with E-state index in [4.69, 9.17) is 0 Å². The highest BCUT2D eigenvalue weighted by Gasteiger charge is 2.48. The first-order valence-corrected chi connectivity index (χ1v) is 19.4. The van der Waals surface area contributed by atoms with Crippen LogP contribution in [0.25, 0.3) is 73.7 Å². The van der Waals surface area contributed by atoms with Crippen LogP contribution in [-0.2, 0) is 5.41 Å². The first-order valence-electron chi connectivity index (χ1n) is 17.8. The lowest BCUT2D eigenvalue weighted by atomic mass is 9.65. The zero-order chi connectivity index (χ0) is 35.3. The summed E-state index contributed by atoms with van der Waals surface area (Å²) in [5.41, 5.74) is 8.50. The predicted octanol–water partition coefficient (Wildman–Crippen LogP) is 13.5. The van der Waals surface area contributed by atoms with Crippen molar-refractivity contribution >= 4 is 64.4 Å². The Morgan fingerprint density at radius 3 is 1.21 bits per heavy atom. The van der Waals surface area contributed by atoms with Gasteiger partial charge in [-0.05, 0) is 115 Å². The number of fused-ring (bicyclic) bond motifs is 7. The molecule has 2 nitrogen and oxygen atoms in total. The molecular formula is C49H30O2S2. The van der Waals surface area contributed by atoms with Gasteiger partial charge in [-0.1, -0.05) is 121 Å². The maximum Gasteiger partial charge on any atom is 0.123 e. The summed E-state index contributed by atoms with van der Waals surface area (Å²) in [5, 5.41) is 28.5. The third kappa shape index (κ3) is 4.37. The summed E-state index contributed by atoms with van der Waals surface area (Å²) in [4.78, 5) is 2.47. The van der Waals surface area contributed by atoms with Gasteiger partial charge in [0.1, 0.15) is 11.5 Å². The largest absolute Gasteiger partial charge is 0.507 e. The molecule has 0 saturated carbocycles. The standard InChI is InChI=1S/C49H30O2S2/c50-43-23-21-39(33-11-3-5-13-35(33)43)49(40-22-24-44(51)36-14-6-4-12-34(36)40)41-19-17-31(47-27-29-9-1-7-15-45(29)52-47)25-37(41)38-26-32(18-20-42(38)49)48-28-30-10-2-8-16-46(30)53-48/h1-28,50-51H. The molecule has 250 valence electrons. The average molecular weight is 715 g/mol. The Morgan fingerprint density at radius 1 is 0.358 bits per heavy atom. The van der Waals surface area contributed by atoms with E-state index in [2.05, 4.69) is 133 Å². The summed E-state index contributed by atoms with van der Waals surface area (Å²) >= 11 is 3.65. The van der Waals surface area contributed by atoms with Crippen molar-refractivity contribution in [1.82, 2.24) is 0 Å². The van der Waals surface area contributed by atoms with E-state index in [1.165, 1.54) is 63.3 Å². The number of thiophene rings is 2. The SMILES string of the molecule is Oc1ccc(C2(c3ccc(O)c4ccccc34)c3ccc(-c4cc5ccccc5s4)cc3-c3cc(-c4cc5ccccc5s4)ccc32)c2ccccc12. The summed E-state index contributed by atoms with van der Waals surface area (Å²) < 4.78 is 2.55. The van der Waals surface area contributed by atoms with E-state index in [1.54, 1.807) is 0 Å². The van der Waals surface area contributed by atoms with Crippen molar-refractivity contribution in [3.05, 3.63) is 192 Å². The van der Waals surface area contributed by atoms with Gasteiger partial charge in [-0.15, -0.1) is 22.7 Å². The smallest absolute Gasteiger partial charge is 0.123 e. The van der Waals surface area contributed by atoms with Gasteiger partial charge < -0.3 is 10.2 Å². The maximum atomic E-state index is 11.2. The highest BCUT2D eigenvalue weighted by atomic mass is 32.1. The third-order valence-corrected chi connectivity index (χ3v) is 13.5. The van der Waals surface area contributed by atoms with Gasteiger partial charge in [-0.3, -0.25) is 0 Å². The molecule has 0 saturated heterocycles. The number of hydrogen-bond acceptors (Lipinski definition) is 4. The van der Waals surface area contributed by atoms with Crippen LogP contribution in [0.15, 0.2) is 170 Å². The Bertz CT molecular complexity index is 2830. The molecule has 2 aromatic heterocycles. The lowest BCUT2D eigenvalue weighted by Gasteiger charge is -2.36. The molecule has 0 bridgehead atoms. The summed E-state index contributed by atoms with van der Waals surface area (Å²) in [7, 11) is 0. The van der Waals surface area contributed by atoms with E-state index in [0.717, 1.165) is 32.7 Å². The number of benzene rings is 8. The molecule has 2 heterocycles. The van der Waals surface area contributed by atoms with Crippen molar-refractivity contribution in [1.29, 1.82) is 0 Å². The van der Waals surface area contributed by atoms with Crippen molar-refractivity contribution in [2.75, 3.05) is 0 Å². The highest BCUT2D eigenvalue weighted by Crippen LogP contribution is 2.60. The van der Waals surface area contributed by atoms with E-state index in [-0.39, 0.29) is 11.5 Å². The molecule has 53 heavy (non-hydrogen) atoms. The molecule has 0 atom stereocenters. The van der Waals surface area contributed by atoms with Crippen LogP contribution in [0.3, 0.4) is 0 Å². The maximum absolute atomic E-state index is 11.2. The Morgan fingerprint density at radius 2 is 0.755 bits per heavy atom. The molecule has 0 spiro atoms. The minimum Gasteiger partial charge on any atom is -0.507 e. The second kappa shape index (κ2) is 11.4.